The standard InChI is InChI=1S/C22H23N5/c1-17-9-11-20(12-10-17)24-15-21-22(19-7-3-2-4-8-19)27(26-25-21)16-18-6-5-13-23-14-18/h2-9,11,13-14,17H,10,12,15-16H2,1H3. The van der Waals surface area contributed by atoms with E-state index in [1.165, 1.54) is 0 Å². The minimum atomic E-state index is 0.547. The zero-order valence-electron chi connectivity index (χ0n) is 15.5. The van der Waals surface area contributed by atoms with Crippen LogP contribution in [0, 0.1) is 5.92 Å². The van der Waals surface area contributed by atoms with Crippen molar-refractivity contribution in [1.82, 2.24) is 20.0 Å². The minimum absolute atomic E-state index is 0.547. The van der Waals surface area contributed by atoms with Gasteiger partial charge in [0, 0.05) is 23.7 Å². The molecule has 0 spiro atoms. The summed E-state index contributed by atoms with van der Waals surface area (Å²) >= 11 is 0. The Labute approximate surface area is 159 Å². The van der Waals surface area contributed by atoms with Crippen LogP contribution >= 0.6 is 0 Å². The number of pyridine rings is 1. The number of benzene rings is 1. The number of rotatable bonds is 5. The topological polar surface area (TPSA) is 56.0 Å². The maximum absolute atomic E-state index is 4.80. The Bertz CT molecular complexity index is 941. The lowest BCUT2D eigenvalue weighted by Crippen LogP contribution is -2.06. The molecule has 2 aromatic heterocycles. The van der Waals surface area contributed by atoms with Gasteiger partial charge in [-0.05, 0) is 36.5 Å². The van der Waals surface area contributed by atoms with Crippen LogP contribution in [-0.2, 0) is 13.1 Å². The predicted molar refractivity (Wildman–Crippen MR) is 107 cm³/mol. The van der Waals surface area contributed by atoms with Crippen molar-refractivity contribution in [2.24, 2.45) is 10.9 Å². The van der Waals surface area contributed by atoms with E-state index >= 15 is 0 Å². The van der Waals surface area contributed by atoms with Crippen LogP contribution in [0.25, 0.3) is 11.3 Å². The monoisotopic (exact) mass is 357 g/mol. The molecule has 1 aromatic carbocycles. The smallest absolute Gasteiger partial charge is 0.112 e. The highest BCUT2D eigenvalue weighted by Gasteiger charge is 2.15. The molecule has 5 heteroatoms. The molecule has 136 valence electrons. The molecule has 27 heavy (non-hydrogen) atoms. The lowest BCUT2D eigenvalue weighted by atomic mass is 9.96. The molecule has 0 radical (unpaired) electrons. The van der Waals surface area contributed by atoms with E-state index in [2.05, 4.69) is 52.6 Å². The van der Waals surface area contributed by atoms with E-state index in [1.807, 2.05) is 35.1 Å². The van der Waals surface area contributed by atoms with Gasteiger partial charge in [-0.15, -0.1) is 5.10 Å². The molecular formula is C22H23N5. The second-order valence-corrected chi connectivity index (χ2v) is 6.95. The first-order valence-corrected chi connectivity index (χ1v) is 9.38. The fourth-order valence-corrected chi connectivity index (χ4v) is 3.28. The van der Waals surface area contributed by atoms with Crippen molar-refractivity contribution in [3.63, 3.8) is 0 Å². The molecular weight excluding hydrogens is 334 g/mol. The second-order valence-electron chi connectivity index (χ2n) is 6.95. The summed E-state index contributed by atoms with van der Waals surface area (Å²) in [6.07, 6.45) is 10.2. The average Bonchev–Trinajstić information content (AvgIpc) is 3.11. The van der Waals surface area contributed by atoms with E-state index in [9.17, 15) is 0 Å². The first-order valence-electron chi connectivity index (χ1n) is 9.38. The molecule has 4 rings (SSSR count). The number of aromatic nitrogens is 4. The Morgan fingerprint density at radius 2 is 2.04 bits per heavy atom. The van der Waals surface area contributed by atoms with Gasteiger partial charge in [-0.2, -0.15) is 0 Å². The highest BCUT2D eigenvalue weighted by atomic mass is 15.4. The first kappa shape index (κ1) is 17.3. The van der Waals surface area contributed by atoms with Crippen molar-refractivity contribution in [3.8, 4) is 11.3 Å². The Kier molecular flexibility index (Phi) is 5.19. The van der Waals surface area contributed by atoms with Crippen LogP contribution < -0.4 is 0 Å². The Morgan fingerprint density at radius 3 is 2.78 bits per heavy atom. The molecule has 0 saturated carbocycles. The largest absolute Gasteiger partial charge is 0.283 e. The van der Waals surface area contributed by atoms with Gasteiger partial charge in [0.15, 0.2) is 0 Å². The summed E-state index contributed by atoms with van der Waals surface area (Å²) in [5, 5.41) is 8.86. The van der Waals surface area contributed by atoms with Gasteiger partial charge in [-0.3, -0.25) is 9.98 Å². The molecule has 0 saturated heterocycles. The van der Waals surface area contributed by atoms with Crippen molar-refractivity contribution < 1.29 is 0 Å². The summed E-state index contributed by atoms with van der Waals surface area (Å²) in [5.41, 5.74) is 5.28. The van der Waals surface area contributed by atoms with Gasteiger partial charge in [-0.1, -0.05) is 54.6 Å². The van der Waals surface area contributed by atoms with Gasteiger partial charge in [0.1, 0.15) is 5.69 Å². The number of hydrogen-bond acceptors (Lipinski definition) is 4. The van der Waals surface area contributed by atoms with Crippen LogP contribution in [0.3, 0.4) is 0 Å². The fourth-order valence-electron chi connectivity index (χ4n) is 3.28. The zero-order valence-corrected chi connectivity index (χ0v) is 15.5. The molecule has 2 heterocycles. The maximum atomic E-state index is 4.80. The number of hydrogen-bond donors (Lipinski definition) is 0. The van der Waals surface area contributed by atoms with Crippen molar-refractivity contribution in [2.75, 3.05) is 0 Å². The molecule has 0 bridgehead atoms. The van der Waals surface area contributed by atoms with Gasteiger partial charge in [0.05, 0.1) is 18.8 Å². The third-order valence-electron chi connectivity index (χ3n) is 4.81. The molecule has 0 fully saturated rings. The molecule has 0 amide bonds. The summed E-state index contributed by atoms with van der Waals surface area (Å²) in [4.78, 5) is 9.00. The Morgan fingerprint density at radius 1 is 1.15 bits per heavy atom. The van der Waals surface area contributed by atoms with Crippen molar-refractivity contribution in [3.05, 3.63) is 78.3 Å². The van der Waals surface area contributed by atoms with Crippen molar-refractivity contribution >= 4 is 5.71 Å². The molecule has 1 unspecified atom stereocenters. The van der Waals surface area contributed by atoms with Crippen LogP contribution in [0.4, 0.5) is 0 Å². The molecule has 1 aliphatic rings. The maximum Gasteiger partial charge on any atom is 0.112 e. The molecule has 3 aromatic rings. The minimum Gasteiger partial charge on any atom is -0.283 e. The zero-order chi connectivity index (χ0) is 18.5. The van der Waals surface area contributed by atoms with E-state index in [0.717, 1.165) is 41.1 Å². The summed E-state index contributed by atoms with van der Waals surface area (Å²) in [5.74, 6) is 0.643. The van der Waals surface area contributed by atoms with Crippen LogP contribution in [0.5, 0.6) is 0 Å². The highest BCUT2D eigenvalue weighted by molar-refractivity contribution is 5.95. The number of allylic oxidation sites excluding steroid dienone is 2. The van der Waals surface area contributed by atoms with E-state index in [4.69, 9.17) is 4.99 Å². The van der Waals surface area contributed by atoms with E-state index in [1.54, 1.807) is 6.20 Å². The third kappa shape index (κ3) is 4.19. The Hall–Kier alpha value is -3.08. The summed E-state index contributed by atoms with van der Waals surface area (Å²) in [7, 11) is 0. The van der Waals surface area contributed by atoms with Crippen LogP contribution in [0.2, 0.25) is 0 Å². The molecule has 0 N–H and O–H groups in total. The van der Waals surface area contributed by atoms with E-state index < -0.39 is 0 Å². The fraction of sp³-hybridized carbons (Fsp3) is 0.273. The third-order valence-corrected chi connectivity index (χ3v) is 4.81. The van der Waals surface area contributed by atoms with Crippen molar-refractivity contribution in [1.29, 1.82) is 0 Å². The molecule has 1 aliphatic carbocycles. The quantitative estimate of drug-likeness (QED) is 0.683. The van der Waals surface area contributed by atoms with Gasteiger partial charge >= 0.3 is 0 Å². The highest BCUT2D eigenvalue weighted by Crippen LogP contribution is 2.24. The van der Waals surface area contributed by atoms with E-state index in [0.29, 0.717) is 19.0 Å². The summed E-state index contributed by atoms with van der Waals surface area (Å²) in [6, 6.07) is 14.3. The molecule has 1 atom stereocenters. The Balaban J connectivity index is 1.65. The second kappa shape index (κ2) is 8.08. The molecule has 0 aliphatic heterocycles. The summed E-state index contributed by atoms with van der Waals surface area (Å²) in [6.45, 7) is 3.43. The predicted octanol–water partition coefficient (Wildman–Crippen LogP) is 4.32. The SMILES string of the molecule is CC1C=CC(=NCc2nnn(Cc3cccnc3)c2-c2ccccc2)CC1. The lowest BCUT2D eigenvalue weighted by Gasteiger charge is -2.12. The van der Waals surface area contributed by atoms with Gasteiger partial charge in [-0.25, -0.2) is 4.68 Å². The van der Waals surface area contributed by atoms with Crippen LogP contribution in [0.1, 0.15) is 31.0 Å². The number of nitrogens with zero attached hydrogens (tertiary/aromatic N) is 5. The lowest BCUT2D eigenvalue weighted by molar-refractivity contribution is 0.653. The van der Waals surface area contributed by atoms with Crippen molar-refractivity contribution in [2.45, 2.75) is 32.9 Å². The van der Waals surface area contributed by atoms with Crippen LogP contribution in [-0.4, -0.2) is 25.7 Å². The summed E-state index contributed by atoms with van der Waals surface area (Å²) < 4.78 is 1.95. The van der Waals surface area contributed by atoms with Gasteiger partial charge in [0.25, 0.3) is 0 Å². The van der Waals surface area contributed by atoms with Crippen LogP contribution in [0.15, 0.2) is 72.0 Å². The van der Waals surface area contributed by atoms with Gasteiger partial charge < -0.3 is 0 Å². The number of aliphatic imine (C=N–C) groups is 1. The van der Waals surface area contributed by atoms with Gasteiger partial charge in [0.2, 0.25) is 0 Å². The normalized spacial score (nSPS) is 18.1. The van der Waals surface area contributed by atoms with E-state index in [-0.39, 0.29) is 0 Å². The average molecular weight is 357 g/mol. The first-order chi connectivity index (χ1) is 13.3. The molecule has 5 nitrogen and oxygen atoms in total.